The number of benzene rings is 2. The first kappa shape index (κ1) is 25.7. The maximum atomic E-state index is 12.6. The summed E-state index contributed by atoms with van der Waals surface area (Å²) in [5, 5.41) is -1.72. The van der Waals surface area contributed by atoms with Crippen molar-refractivity contribution < 1.29 is 51.5 Å². The van der Waals surface area contributed by atoms with Gasteiger partial charge in [0, 0.05) is 0 Å². The molecule has 0 atom stereocenters. The average Bonchev–Trinajstić information content (AvgIpc) is 2.59. The van der Waals surface area contributed by atoms with Crippen LogP contribution in [0.15, 0.2) is 46.2 Å². The van der Waals surface area contributed by atoms with Gasteiger partial charge in [-0.25, -0.2) is 8.37 Å². The minimum absolute atomic E-state index is 0.317. The highest BCUT2D eigenvalue weighted by molar-refractivity contribution is 7.87. The van der Waals surface area contributed by atoms with E-state index < -0.39 is 70.3 Å². The number of hydrogen-bond donors (Lipinski definition) is 0. The fourth-order valence-electron chi connectivity index (χ4n) is 2.03. The second kappa shape index (κ2) is 8.75. The summed E-state index contributed by atoms with van der Waals surface area (Å²) in [4.78, 5) is -1.81. The van der Waals surface area contributed by atoms with Crippen LogP contribution in [0.3, 0.4) is 0 Å². The van der Waals surface area contributed by atoms with Gasteiger partial charge in [-0.05, 0) is 36.4 Å². The van der Waals surface area contributed by atoms with E-state index >= 15 is 0 Å². The molecule has 2 rings (SSSR count). The molecule has 0 aliphatic rings. The first-order chi connectivity index (χ1) is 13.9. The summed E-state index contributed by atoms with van der Waals surface area (Å²) in [7, 11) is -9.73. The molecule has 0 spiro atoms. The monoisotopic (exact) mass is 532 g/mol. The predicted octanol–water partition coefficient (Wildman–Crippen LogP) is 5.10. The molecule has 0 saturated heterocycles. The zero-order valence-corrected chi connectivity index (χ0v) is 17.6. The van der Waals surface area contributed by atoms with Crippen LogP contribution in [0.25, 0.3) is 0 Å². The van der Waals surface area contributed by atoms with Crippen LogP contribution in [-0.4, -0.2) is 23.6 Å². The molecule has 31 heavy (non-hydrogen) atoms. The number of hydrogen-bond acceptors (Lipinski definition) is 6. The number of rotatable bonds is 6. The Morgan fingerprint density at radius 1 is 0.677 bits per heavy atom. The van der Waals surface area contributed by atoms with E-state index in [0.717, 1.165) is 0 Å². The van der Waals surface area contributed by atoms with E-state index in [2.05, 4.69) is 8.37 Å². The molecule has 0 aliphatic heterocycles. The summed E-state index contributed by atoms with van der Waals surface area (Å²) in [6, 6.07) is 2.42. The first-order valence-corrected chi connectivity index (χ1v) is 11.0. The van der Waals surface area contributed by atoms with Crippen LogP contribution in [0.5, 0.6) is 0 Å². The lowest BCUT2D eigenvalue weighted by molar-refractivity contribution is -0.138. The molecule has 0 radical (unpaired) electrons. The van der Waals surface area contributed by atoms with Crippen LogP contribution >= 0.6 is 23.2 Å². The Balaban J connectivity index is 2.17. The SMILES string of the molecule is O=S(=O)(OCOS(=O)(=O)c1ccc(C(F)(F)F)cc1Cl)c1ccc(C(F)(F)F)cc1Cl. The minimum atomic E-state index is -4.86. The van der Waals surface area contributed by atoms with Crippen molar-refractivity contribution in [2.75, 3.05) is 6.79 Å². The molecule has 0 unspecified atom stereocenters. The van der Waals surface area contributed by atoms with Crippen LogP contribution < -0.4 is 0 Å². The molecule has 16 heteroatoms. The zero-order chi connectivity index (χ0) is 23.8. The normalized spacial score (nSPS) is 13.4. The van der Waals surface area contributed by atoms with Crippen LogP contribution in [0, 0.1) is 0 Å². The van der Waals surface area contributed by atoms with Crippen molar-refractivity contribution >= 4 is 43.4 Å². The molecule has 0 bridgehead atoms. The minimum Gasteiger partial charge on any atom is -0.236 e. The Morgan fingerprint density at radius 2 is 1.00 bits per heavy atom. The highest BCUT2D eigenvalue weighted by Crippen LogP contribution is 2.35. The molecule has 0 heterocycles. The van der Waals surface area contributed by atoms with Gasteiger partial charge in [-0.15, -0.1) is 0 Å². The summed E-state index contributed by atoms with van der Waals surface area (Å²) < 4.78 is 132. The van der Waals surface area contributed by atoms with Crippen molar-refractivity contribution in [3.63, 3.8) is 0 Å². The highest BCUT2D eigenvalue weighted by Gasteiger charge is 2.34. The van der Waals surface area contributed by atoms with Crippen LogP contribution in [0.2, 0.25) is 10.0 Å². The average molecular weight is 533 g/mol. The molecule has 0 aromatic heterocycles. The van der Waals surface area contributed by atoms with Gasteiger partial charge in [0.05, 0.1) is 21.2 Å². The van der Waals surface area contributed by atoms with Crippen LogP contribution in [0.4, 0.5) is 26.3 Å². The van der Waals surface area contributed by atoms with Gasteiger partial charge >= 0.3 is 32.6 Å². The molecular weight excluding hydrogens is 525 g/mol. The highest BCUT2D eigenvalue weighted by atomic mass is 35.5. The van der Waals surface area contributed by atoms with Gasteiger partial charge in [0.25, 0.3) is 0 Å². The van der Waals surface area contributed by atoms with Crippen molar-refractivity contribution in [2.24, 2.45) is 0 Å². The third-order valence-electron chi connectivity index (χ3n) is 3.46. The van der Waals surface area contributed by atoms with Gasteiger partial charge in [-0.2, -0.15) is 43.2 Å². The first-order valence-electron chi connectivity index (χ1n) is 7.47. The second-order valence-electron chi connectivity index (χ2n) is 5.55. The van der Waals surface area contributed by atoms with E-state index in [1.165, 1.54) is 0 Å². The fraction of sp³-hybridized carbons (Fsp3) is 0.200. The molecule has 0 fully saturated rings. The molecule has 0 amide bonds. The van der Waals surface area contributed by atoms with Gasteiger partial charge < -0.3 is 0 Å². The van der Waals surface area contributed by atoms with Gasteiger partial charge in [0.2, 0.25) is 0 Å². The predicted molar refractivity (Wildman–Crippen MR) is 94.3 cm³/mol. The van der Waals surface area contributed by atoms with Crippen molar-refractivity contribution in [2.45, 2.75) is 22.1 Å². The Morgan fingerprint density at radius 3 is 1.26 bits per heavy atom. The van der Waals surface area contributed by atoms with Crippen LogP contribution in [0.1, 0.15) is 11.1 Å². The van der Waals surface area contributed by atoms with Crippen LogP contribution in [-0.2, 0) is 41.0 Å². The van der Waals surface area contributed by atoms with E-state index in [1.54, 1.807) is 0 Å². The number of alkyl halides is 6. The summed E-state index contributed by atoms with van der Waals surface area (Å²) in [6.45, 7) is -1.50. The van der Waals surface area contributed by atoms with E-state index in [-0.39, 0.29) is 0 Å². The Hall–Kier alpha value is -1.58. The summed E-state index contributed by atoms with van der Waals surface area (Å²) in [5.41, 5.74) is -2.49. The topological polar surface area (TPSA) is 86.7 Å². The standard InChI is InChI=1S/C15H8Cl2F6O6S2/c16-10-5-8(14(18,19)20)1-3-12(10)30(24,25)28-7-29-31(26,27)13-4-2-9(6-11(13)17)15(21,22)23/h1-6H,7H2. The molecule has 172 valence electrons. The van der Waals surface area contributed by atoms with Gasteiger partial charge in [-0.1, -0.05) is 23.2 Å². The fourth-order valence-corrected chi connectivity index (χ4v) is 4.69. The van der Waals surface area contributed by atoms with Gasteiger partial charge in [0.15, 0.2) is 6.79 Å². The van der Waals surface area contributed by atoms with E-state index in [1.807, 2.05) is 0 Å². The molecule has 0 saturated carbocycles. The molecule has 6 nitrogen and oxygen atoms in total. The van der Waals surface area contributed by atoms with Crippen molar-refractivity contribution in [1.29, 1.82) is 0 Å². The smallest absolute Gasteiger partial charge is 0.236 e. The lowest BCUT2D eigenvalue weighted by atomic mass is 10.2. The maximum Gasteiger partial charge on any atom is 0.416 e. The van der Waals surface area contributed by atoms with Gasteiger partial charge in [-0.3, -0.25) is 0 Å². The van der Waals surface area contributed by atoms with E-state index in [9.17, 15) is 43.2 Å². The Bertz CT molecular complexity index is 1100. The Labute approximate surface area is 181 Å². The quantitative estimate of drug-likeness (QED) is 0.292. The molecular formula is C15H8Cl2F6O6S2. The van der Waals surface area contributed by atoms with Crippen molar-refractivity contribution in [1.82, 2.24) is 0 Å². The second-order valence-corrected chi connectivity index (χ2v) is 9.53. The molecule has 2 aromatic rings. The molecule has 2 aromatic carbocycles. The molecule has 0 aliphatic carbocycles. The lowest BCUT2D eigenvalue weighted by Crippen LogP contribution is -2.15. The lowest BCUT2D eigenvalue weighted by Gasteiger charge is -2.12. The van der Waals surface area contributed by atoms with E-state index in [4.69, 9.17) is 23.2 Å². The number of halogens is 8. The largest absolute Gasteiger partial charge is 0.416 e. The van der Waals surface area contributed by atoms with Crippen molar-refractivity contribution in [3.05, 3.63) is 57.6 Å². The summed E-state index contributed by atoms with van der Waals surface area (Å²) >= 11 is 11.1. The van der Waals surface area contributed by atoms with Crippen molar-refractivity contribution in [3.8, 4) is 0 Å². The third-order valence-corrected chi connectivity index (χ3v) is 6.92. The maximum absolute atomic E-state index is 12.6. The Kier molecular flexibility index (Phi) is 7.25. The van der Waals surface area contributed by atoms with Gasteiger partial charge in [0.1, 0.15) is 9.79 Å². The van der Waals surface area contributed by atoms with E-state index in [0.29, 0.717) is 36.4 Å². The third kappa shape index (κ3) is 6.23. The summed E-state index contributed by atoms with van der Waals surface area (Å²) in [6.07, 6.45) is -9.60. The molecule has 0 N–H and O–H groups in total. The summed E-state index contributed by atoms with van der Waals surface area (Å²) in [5.74, 6) is 0. The zero-order valence-electron chi connectivity index (χ0n) is 14.5.